The second-order valence-corrected chi connectivity index (χ2v) is 11.9. The van der Waals surface area contributed by atoms with Gasteiger partial charge in [-0.15, -0.1) is 0 Å². The molecule has 4 bridgehead atoms. The number of fused-ring (bicyclic) bond motifs is 4. The van der Waals surface area contributed by atoms with Gasteiger partial charge in [0.25, 0.3) is 0 Å². The molecule has 4 atom stereocenters. The third-order valence-corrected chi connectivity index (χ3v) is 8.24. The third kappa shape index (κ3) is 10.3. The first-order valence-corrected chi connectivity index (χ1v) is 16.7. The molecule has 284 valence electrons. The molecule has 3 heterocycles. The minimum Gasteiger partial charge on any atom is -0.468 e. The van der Waals surface area contributed by atoms with Crippen LogP contribution in [0.2, 0.25) is 0 Å². The van der Waals surface area contributed by atoms with Crippen molar-refractivity contribution in [2.45, 2.75) is 52.7 Å². The zero-order valence-corrected chi connectivity index (χ0v) is 30.8. The highest BCUT2D eigenvalue weighted by Crippen LogP contribution is 2.33. The summed E-state index contributed by atoms with van der Waals surface area (Å²) in [7, 11) is 2.26. The van der Waals surface area contributed by atoms with Crippen molar-refractivity contribution in [2.24, 2.45) is 10.8 Å². The summed E-state index contributed by atoms with van der Waals surface area (Å²) in [4.78, 5) is 87.1. The number of nitrogens with zero attached hydrogens (tertiary/aromatic N) is 2. The van der Waals surface area contributed by atoms with Gasteiger partial charge >= 0.3 is 23.9 Å². The number of ether oxygens (including phenoxy) is 4. The topological polar surface area (TPSA) is 191 Å². The molecular weight excluding hydrogens is 700 g/mol. The van der Waals surface area contributed by atoms with Crippen LogP contribution in [-0.2, 0) is 38.1 Å². The van der Waals surface area contributed by atoms with Gasteiger partial charge in [-0.25, -0.2) is 19.6 Å². The number of hydrogen-bond acceptors (Lipinski definition) is 14. The monoisotopic (exact) mass is 742 g/mol. The van der Waals surface area contributed by atoms with Crippen molar-refractivity contribution in [1.29, 1.82) is 0 Å². The third-order valence-electron chi connectivity index (χ3n) is 8.24. The molecule has 2 aromatic heterocycles. The molecule has 1 aliphatic heterocycles. The van der Waals surface area contributed by atoms with Crippen LogP contribution in [0.3, 0.4) is 0 Å². The van der Waals surface area contributed by atoms with E-state index >= 15 is 0 Å². The van der Waals surface area contributed by atoms with Gasteiger partial charge in [-0.1, -0.05) is 72.9 Å². The van der Waals surface area contributed by atoms with Crippen molar-refractivity contribution in [1.82, 2.24) is 9.97 Å². The smallest absolute Gasteiger partial charge is 0.360 e. The van der Waals surface area contributed by atoms with Crippen molar-refractivity contribution < 1.29 is 56.5 Å². The lowest BCUT2D eigenvalue weighted by molar-refractivity contribution is -0.164. The Balaban J connectivity index is 2.03. The van der Waals surface area contributed by atoms with Crippen LogP contribution in [0.25, 0.3) is 12.2 Å². The van der Waals surface area contributed by atoms with Gasteiger partial charge in [-0.2, -0.15) is 0 Å². The molecule has 14 nitrogen and oxygen atoms in total. The van der Waals surface area contributed by atoms with E-state index in [4.69, 9.17) is 27.8 Å². The zero-order valence-electron chi connectivity index (χ0n) is 30.8. The first kappa shape index (κ1) is 42.0. The van der Waals surface area contributed by atoms with Crippen LogP contribution in [0.5, 0.6) is 0 Å². The Morgan fingerprint density at radius 3 is 1.37 bits per heavy atom. The SMILES string of the molecule is C/C=C/C(=O)C(C)(C(=O)OC)C1C\C=C/C=C/C=C/c2nc(co2)C(=O)OC(C(C)(C(=O)/C=C/C)C(=O)OC)C\C=C/C=C/C=C/c2nc(co2)C(=O)O1. The molecule has 0 fully saturated rings. The van der Waals surface area contributed by atoms with E-state index in [9.17, 15) is 28.8 Å². The van der Waals surface area contributed by atoms with Crippen LogP contribution in [0, 0.1) is 10.8 Å². The Morgan fingerprint density at radius 1 is 0.648 bits per heavy atom. The number of esters is 4. The summed E-state index contributed by atoms with van der Waals surface area (Å²) in [5.41, 5.74) is -4.22. The fraction of sp³-hybridized carbons (Fsp3) is 0.300. The van der Waals surface area contributed by atoms with Gasteiger partial charge in [0.15, 0.2) is 33.8 Å². The Kier molecular flexibility index (Phi) is 15.5. The highest BCUT2D eigenvalue weighted by molar-refractivity contribution is 6.10. The molecule has 0 radical (unpaired) electrons. The lowest BCUT2D eigenvalue weighted by atomic mass is 9.78. The van der Waals surface area contributed by atoms with E-state index in [1.54, 1.807) is 74.6 Å². The quantitative estimate of drug-likeness (QED) is 0.130. The van der Waals surface area contributed by atoms with E-state index < -0.39 is 58.5 Å². The fourth-order valence-corrected chi connectivity index (χ4v) is 5.05. The predicted octanol–water partition coefficient (Wildman–Crippen LogP) is 6.11. The molecule has 0 saturated carbocycles. The fourth-order valence-electron chi connectivity index (χ4n) is 5.05. The highest BCUT2D eigenvalue weighted by atomic mass is 16.6. The summed E-state index contributed by atoms with van der Waals surface area (Å²) < 4.78 is 32.1. The van der Waals surface area contributed by atoms with E-state index in [1.165, 1.54) is 50.3 Å². The molecule has 54 heavy (non-hydrogen) atoms. The summed E-state index contributed by atoms with van der Waals surface area (Å²) in [6.07, 6.45) is 23.6. The molecule has 0 aromatic carbocycles. The number of rotatable bonds is 8. The van der Waals surface area contributed by atoms with Gasteiger partial charge in [0.1, 0.15) is 24.7 Å². The molecule has 1 aliphatic rings. The lowest BCUT2D eigenvalue weighted by Gasteiger charge is -2.31. The van der Waals surface area contributed by atoms with Crippen molar-refractivity contribution in [2.75, 3.05) is 14.2 Å². The van der Waals surface area contributed by atoms with Gasteiger partial charge in [0, 0.05) is 25.0 Å². The Morgan fingerprint density at radius 2 is 1.02 bits per heavy atom. The number of carbonyl (C=O) groups is 6. The summed E-state index contributed by atoms with van der Waals surface area (Å²) in [6.45, 7) is 5.89. The van der Waals surface area contributed by atoms with Crippen LogP contribution >= 0.6 is 0 Å². The second-order valence-electron chi connectivity index (χ2n) is 11.9. The van der Waals surface area contributed by atoms with E-state index in [-0.39, 0.29) is 36.0 Å². The maximum Gasteiger partial charge on any atom is 0.360 e. The van der Waals surface area contributed by atoms with E-state index in [0.29, 0.717) is 0 Å². The molecule has 3 rings (SSSR count). The maximum absolute atomic E-state index is 13.2. The van der Waals surface area contributed by atoms with Crippen LogP contribution < -0.4 is 0 Å². The summed E-state index contributed by atoms with van der Waals surface area (Å²) in [5, 5.41) is 0. The Labute approximate surface area is 312 Å². The molecule has 2 aromatic rings. The molecule has 4 unspecified atom stereocenters. The van der Waals surface area contributed by atoms with Gasteiger partial charge in [-0.05, 0) is 39.8 Å². The number of oxazole rings is 2. The molecule has 0 spiro atoms. The normalized spacial score (nSPS) is 23.1. The standard InChI is InChI=1S/C40H42N2O12/c1-7-19-29(43)39(3,37(47)49-5)31-21-15-11-9-13-17-24-34-42-28(26-52-34)36(46)54-32(40(4,38(48)50-6)30(44)20-8-2)22-16-12-10-14-18-23-33-41-27(25-51-33)35(45)53-31/h7-20,23-26,31-32H,21-22H2,1-6H3/b13-9+,14-10+,15-11-,16-12-,19-7+,20-8+,23-18+,24-17+. The van der Waals surface area contributed by atoms with E-state index in [2.05, 4.69) is 9.97 Å². The zero-order chi connectivity index (χ0) is 39.7. The van der Waals surface area contributed by atoms with Gasteiger partial charge in [0.2, 0.25) is 11.8 Å². The highest BCUT2D eigenvalue weighted by Gasteiger charge is 2.51. The lowest BCUT2D eigenvalue weighted by Crippen LogP contribution is -2.48. The molecule has 0 N–H and O–H groups in total. The second kappa shape index (κ2) is 20.0. The van der Waals surface area contributed by atoms with Gasteiger partial charge in [0.05, 0.1) is 14.2 Å². The maximum atomic E-state index is 13.2. The van der Waals surface area contributed by atoms with Crippen molar-refractivity contribution in [3.05, 3.63) is 121 Å². The van der Waals surface area contributed by atoms with Crippen LogP contribution in [-0.4, -0.2) is 71.8 Å². The van der Waals surface area contributed by atoms with Gasteiger partial charge < -0.3 is 27.8 Å². The average Bonchev–Trinajstić information content (AvgIpc) is 3.85. The minimum absolute atomic E-state index is 0.0479. The molecule has 14 heteroatoms. The number of methoxy groups -OCH3 is 2. The first-order valence-electron chi connectivity index (χ1n) is 16.7. The summed E-state index contributed by atoms with van der Waals surface area (Å²) in [5.74, 6) is -4.84. The molecule has 0 aliphatic carbocycles. The van der Waals surface area contributed by atoms with Crippen LogP contribution in [0.1, 0.15) is 73.3 Å². The first-order chi connectivity index (χ1) is 25.9. The van der Waals surface area contributed by atoms with Crippen LogP contribution in [0.15, 0.2) is 106 Å². The summed E-state index contributed by atoms with van der Waals surface area (Å²) >= 11 is 0. The van der Waals surface area contributed by atoms with E-state index in [1.807, 2.05) is 0 Å². The number of carbonyl (C=O) groups excluding carboxylic acids is 6. The van der Waals surface area contributed by atoms with Crippen LogP contribution in [0.4, 0.5) is 0 Å². The molecule has 0 amide bonds. The number of ketones is 2. The number of hydrogen-bond donors (Lipinski definition) is 0. The number of allylic oxidation sites excluding steroid dienone is 12. The average molecular weight is 743 g/mol. The predicted molar refractivity (Wildman–Crippen MR) is 195 cm³/mol. The Hall–Kier alpha value is -6.44. The molecule has 0 saturated heterocycles. The number of cyclic esters (lactones) is 2. The minimum atomic E-state index is -1.90. The summed E-state index contributed by atoms with van der Waals surface area (Å²) in [6, 6.07) is 0. The molecular formula is C40H42N2O12. The number of aromatic nitrogens is 2. The van der Waals surface area contributed by atoms with E-state index in [0.717, 1.165) is 26.7 Å². The van der Waals surface area contributed by atoms with Gasteiger partial charge in [-0.3, -0.25) is 19.2 Å². The van der Waals surface area contributed by atoms with Crippen molar-refractivity contribution in [3.8, 4) is 0 Å². The van der Waals surface area contributed by atoms with Crippen molar-refractivity contribution >= 4 is 47.6 Å². The Bertz CT molecular complexity index is 1800. The van der Waals surface area contributed by atoms with Crippen molar-refractivity contribution in [3.63, 3.8) is 0 Å². The largest absolute Gasteiger partial charge is 0.468 e.